The highest BCUT2D eigenvalue weighted by Gasteiger charge is 2.48. The maximum absolute atomic E-state index is 14.2. The second-order valence-corrected chi connectivity index (χ2v) is 13.9. The van der Waals surface area contributed by atoms with E-state index in [4.69, 9.17) is 9.47 Å². The molecule has 258 valence electrons. The van der Waals surface area contributed by atoms with Crippen molar-refractivity contribution in [1.29, 1.82) is 0 Å². The van der Waals surface area contributed by atoms with Crippen LogP contribution in [0, 0.1) is 52.4 Å². The van der Waals surface area contributed by atoms with Crippen LogP contribution in [-0.4, -0.2) is 46.4 Å². The van der Waals surface area contributed by atoms with Gasteiger partial charge in [-0.1, -0.05) is 25.8 Å². The van der Waals surface area contributed by atoms with E-state index in [1.807, 2.05) is 26.0 Å². The summed E-state index contributed by atoms with van der Waals surface area (Å²) in [5.74, 6) is -2.53. The molecule has 1 saturated heterocycles. The zero-order valence-electron chi connectivity index (χ0n) is 30.1. The lowest BCUT2D eigenvalue weighted by Gasteiger charge is -2.19. The number of methoxy groups -OCH3 is 1. The minimum Gasteiger partial charge on any atom is -0.468 e. The number of hydrogen-bond acceptors (Lipinski definition) is 6. The molecule has 0 aromatic carbocycles. The third-order valence-electron chi connectivity index (χ3n) is 11.0. The fraction of sp³-hybridized carbons (Fsp3) is 0.425. The molecular weight excluding hydrogens is 616 g/mol. The summed E-state index contributed by atoms with van der Waals surface area (Å²) in [6, 6.07) is 0. The van der Waals surface area contributed by atoms with Crippen LogP contribution >= 0.6 is 0 Å². The Bertz CT molecular complexity index is 2100. The number of ketones is 1. The van der Waals surface area contributed by atoms with Crippen LogP contribution in [0.3, 0.4) is 0 Å². The summed E-state index contributed by atoms with van der Waals surface area (Å²) in [5, 5.41) is 5.62. The molecule has 3 aliphatic rings. The highest BCUT2D eigenvalue weighted by Crippen LogP contribution is 2.48. The number of hydrogen-bond donors (Lipinski definition) is 4. The Kier molecular flexibility index (Phi) is 9.22. The van der Waals surface area contributed by atoms with E-state index in [1.54, 1.807) is 0 Å². The summed E-state index contributed by atoms with van der Waals surface area (Å²) in [5.41, 5.74) is 12.7. The Balaban J connectivity index is 1.54. The van der Waals surface area contributed by atoms with Crippen LogP contribution < -0.4 is 16.0 Å². The number of Topliss-reactive ketones (excluding diaryl/α,β-unsaturated/α-hetero) is 1. The zero-order valence-corrected chi connectivity index (χ0v) is 30.1. The molecular formula is C40H48N4O5. The highest BCUT2D eigenvalue weighted by atomic mass is 16.5. The Morgan fingerprint density at radius 1 is 0.857 bits per heavy atom. The molecule has 3 aromatic rings. The van der Waals surface area contributed by atoms with Crippen LogP contribution in [0.15, 0.2) is 23.0 Å². The first-order chi connectivity index (χ1) is 23.4. The van der Waals surface area contributed by atoms with Gasteiger partial charge in [0.15, 0.2) is 5.78 Å². The van der Waals surface area contributed by atoms with Crippen molar-refractivity contribution in [2.45, 2.75) is 81.1 Å². The number of nitrogens with one attached hydrogen (secondary N) is 4. The van der Waals surface area contributed by atoms with Gasteiger partial charge in [-0.2, -0.15) is 0 Å². The first-order valence-corrected chi connectivity index (χ1v) is 17.3. The van der Waals surface area contributed by atoms with E-state index in [1.165, 1.54) is 12.7 Å². The Hall–Kier alpha value is -4.79. The van der Waals surface area contributed by atoms with Gasteiger partial charge in [0.2, 0.25) is 0 Å². The molecule has 4 N–H and O–H groups in total. The van der Waals surface area contributed by atoms with E-state index in [-0.39, 0.29) is 36.6 Å². The van der Waals surface area contributed by atoms with E-state index in [2.05, 4.69) is 74.0 Å². The van der Waals surface area contributed by atoms with Gasteiger partial charge >= 0.3 is 11.9 Å². The van der Waals surface area contributed by atoms with E-state index in [0.717, 1.165) is 79.8 Å². The SMILES string of the molecule is CCC/C(C)=C\COC(=O)CC[C@@H]1/C2=C3/c4[nH]c(c(C)c4C(=O)[C@@H]3C(=O)OC)/C=c3\[nH]/c(c(C)c3C)=C\c3[nH]c(c(C)c3C)/C=C(\N2)[C@H]1C. The fourth-order valence-corrected chi connectivity index (χ4v) is 7.59. The quantitative estimate of drug-likeness (QED) is 0.136. The normalized spacial score (nSPS) is 23.7. The Labute approximate surface area is 287 Å². The number of aromatic amines is 3. The van der Waals surface area contributed by atoms with Gasteiger partial charge in [-0.05, 0) is 107 Å². The van der Waals surface area contributed by atoms with Crippen LogP contribution in [0.25, 0.3) is 23.8 Å². The molecule has 0 amide bonds. The molecule has 2 aliphatic heterocycles. The van der Waals surface area contributed by atoms with Crippen LogP contribution in [0.5, 0.6) is 0 Å². The smallest absolute Gasteiger partial charge is 0.321 e. The van der Waals surface area contributed by atoms with Crippen molar-refractivity contribution in [2.24, 2.45) is 17.8 Å². The van der Waals surface area contributed by atoms with Crippen molar-refractivity contribution in [3.05, 3.63) is 89.9 Å². The Morgan fingerprint density at radius 2 is 1.49 bits per heavy atom. The molecule has 0 spiro atoms. The number of esters is 2. The van der Waals surface area contributed by atoms with Crippen molar-refractivity contribution in [1.82, 2.24) is 20.3 Å². The number of H-pyrrole nitrogens is 3. The second kappa shape index (κ2) is 13.3. The zero-order chi connectivity index (χ0) is 35.3. The number of allylic oxidation sites excluding steroid dienone is 3. The molecule has 0 unspecified atom stereocenters. The number of fused-ring (bicyclic) bond motifs is 7. The monoisotopic (exact) mass is 664 g/mol. The summed E-state index contributed by atoms with van der Waals surface area (Å²) >= 11 is 0. The minimum absolute atomic E-state index is 0.0527. The molecule has 1 fully saturated rings. The van der Waals surface area contributed by atoms with Gasteiger partial charge < -0.3 is 29.7 Å². The predicted octanol–water partition coefficient (Wildman–Crippen LogP) is 5.85. The van der Waals surface area contributed by atoms with Crippen LogP contribution in [0.1, 0.15) is 107 Å². The molecule has 0 saturated carbocycles. The molecule has 8 bridgehead atoms. The lowest BCUT2D eigenvalue weighted by molar-refractivity contribution is -0.143. The average Bonchev–Trinajstić information content (AvgIpc) is 3.79. The van der Waals surface area contributed by atoms with Gasteiger partial charge in [0, 0.05) is 68.6 Å². The van der Waals surface area contributed by atoms with E-state index >= 15 is 0 Å². The maximum atomic E-state index is 14.2. The molecule has 9 nitrogen and oxygen atoms in total. The topological polar surface area (TPSA) is 129 Å². The lowest BCUT2D eigenvalue weighted by atomic mass is 9.85. The van der Waals surface area contributed by atoms with E-state index < -0.39 is 11.9 Å². The molecule has 6 rings (SSSR count). The Morgan fingerprint density at radius 3 is 2.12 bits per heavy atom. The fourth-order valence-electron chi connectivity index (χ4n) is 7.59. The van der Waals surface area contributed by atoms with Crippen LogP contribution in [0.2, 0.25) is 0 Å². The first-order valence-electron chi connectivity index (χ1n) is 17.3. The molecule has 3 atom stereocenters. The number of ether oxygens (including phenoxy) is 2. The average molecular weight is 665 g/mol. The van der Waals surface area contributed by atoms with Crippen molar-refractivity contribution in [2.75, 3.05) is 13.7 Å². The molecule has 0 radical (unpaired) electrons. The molecule has 9 heteroatoms. The van der Waals surface area contributed by atoms with Gasteiger partial charge in [0.1, 0.15) is 12.5 Å². The molecule has 5 heterocycles. The van der Waals surface area contributed by atoms with E-state index in [9.17, 15) is 14.4 Å². The van der Waals surface area contributed by atoms with Gasteiger partial charge in [-0.25, -0.2) is 0 Å². The van der Waals surface area contributed by atoms with Crippen LogP contribution in [0.4, 0.5) is 0 Å². The standard InChI is InChI=1S/C40H48N4O5/c1-10-11-19(2)14-15-49-33(45)13-12-26-24(7)31-17-29-22(5)20(3)27(41-29)16-28-21(4)23(6)30(42-28)18-32-25(8)34-38(44-32)35(37(26)43-31)36(39(34)46)40(47)48-9/h14,16-18,24,26,36,41-44H,10-13,15H2,1-9H3/b19-14-,28-16-,30-18-,31-17-,37-35-/t24-,26-,36+/m0/s1. The minimum atomic E-state index is -1.12. The number of rotatable bonds is 8. The summed E-state index contributed by atoms with van der Waals surface area (Å²) in [6.07, 6.45) is 11.0. The van der Waals surface area contributed by atoms with E-state index in [0.29, 0.717) is 23.3 Å². The number of carbonyl (C=O) groups excluding carboxylic acids is 3. The summed E-state index contributed by atoms with van der Waals surface area (Å²) < 4.78 is 10.8. The van der Waals surface area contributed by atoms with Gasteiger partial charge in [-0.3, -0.25) is 14.4 Å². The third-order valence-corrected chi connectivity index (χ3v) is 11.0. The van der Waals surface area contributed by atoms with Crippen LogP contribution in [-0.2, 0) is 19.1 Å². The predicted molar refractivity (Wildman–Crippen MR) is 192 cm³/mol. The van der Waals surface area contributed by atoms with Crippen molar-refractivity contribution < 1.29 is 23.9 Å². The van der Waals surface area contributed by atoms with Crippen molar-refractivity contribution in [3.63, 3.8) is 0 Å². The van der Waals surface area contributed by atoms with Crippen molar-refractivity contribution >= 4 is 41.5 Å². The maximum Gasteiger partial charge on any atom is 0.321 e. The van der Waals surface area contributed by atoms with Gasteiger partial charge in [-0.15, -0.1) is 0 Å². The highest BCUT2D eigenvalue weighted by molar-refractivity contribution is 6.24. The third kappa shape index (κ3) is 5.93. The van der Waals surface area contributed by atoms with Gasteiger partial charge in [0.05, 0.1) is 12.8 Å². The molecule has 3 aromatic heterocycles. The number of carbonyl (C=O) groups is 3. The summed E-state index contributed by atoms with van der Waals surface area (Å²) in [4.78, 5) is 51.4. The summed E-state index contributed by atoms with van der Waals surface area (Å²) in [7, 11) is 1.31. The second-order valence-electron chi connectivity index (χ2n) is 13.9. The lowest BCUT2D eigenvalue weighted by Crippen LogP contribution is -2.25. The summed E-state index contributed by atoms with van der Waals surface area (Å²) in [6.45, 7) is 16.9. The largest absolute Gasteiger partial charge is 0.468 e. The molecule has 1 aliphatic carbocycles. The molecule has 49 heavy (non-hydrogen) atoms. The number of aromatic nitrogens is 3. The first kappa shape index (κ1) is 34.1. The van der Waals surface area contributed by atoms with Gasteiger partial charge in [0.25, 0.3) is 0 Å². The van der Waals surface area contributed by atoms with Crippen molar-refractivity contribution in [3.8, 4) is 0 Å².